The molecule has 4 nitrogen and oxygen atoms in total. The molecule has 1 aromatic rings. The van der Waals surface area contributed by atoms with E-state index in [1.807, 2.05) is 24.3 Å². The maximum atomic E-state index is 12.1. The lowest BCUT2D eigenvalue weighted by Gasteiger charge is -2.35. The van der Waals surface area contributed by atoms with Crippen LogP contribution < -0.4 is 4.74 Å². The lowest BCUT2D eigenvalue weighted by molar-refractivity contribution is -0.151. The van der Waals surface area contributed by atoms with E-state index in [0.29, 0.717) is 18.5 Å². The van der Waals surface area contributed by atoms with Crippen LogP contribution in [0.4, 0.5) is 0 Å². The SMILES string of the molecule is COc1ccc(CC(=O)OC2C[C@H]3CC[C@@H](C2)N3C)cc1.Cl. The van der Waals surface area contributed by atoms with E-state index in [2.05, 4.69) is 11.9 Å². The molecule has 2 heterocycles. The summed E-state index contributed by atoms with van der Waals surface area (Å²) in [4.78, 5) is 14.5. The summed E-state index contributed by atoms with van der Waals surface area (Å²) in [6.45, 7) is 0. The Bertz CT molecular complexity index is 491. The van der Waals surface area contributed by atoms with E-state index in [4.69, 9.17) is 9.47 Å². The van der Waals surface area contributed by atoms with Crippen LogP contribution in [-0.2, 0) is 16.0 Å². The Hall–Kier alpha value is -1.26. The van der Waals surface area contributed by atoms with E-state index in [1.54, 1.807) is 7.11 Å². The van der Waals surface area contributed by atoms with Crippen molar-refractivity contribution in [2.75, 3.05) is 14.2 Å². The highest BCUT2D eigenvalue weighted by Crippen LogP contribution is 2.35. The zero-order valence-corrected chi connectivity index (χ0v) is 14.0. The molecule has 5 heteroatoms. The molecule has 2 aliphatic rings. The van der Waals surface area contributed by atoms with E-state index >= 15 is 0 Å². The topological polar surface area (TPSA) is 38.8 Å². The first kappa shape index (κ1) is 17.1. The summed E-state index contributed by atoms with van der Waals surface area (Å²) in [7, 11) is 3.83. The van der Waals surface area contributed by atoms with Crippen molar-refractivity contribution in [3.63, 3.8) is 0 Å². The van der Waals surface area contributed by atoms with E-state index < -0.39 is 0 Å². The molecule has 122 valence electrons. The molecule has 2 saturated heterocycles. The normalized spacial score (nSPS) is 27.1. The molecule has 0 radical (unpaired) electrons. The van der Waals surface area contributed by atoms with Gasteiger partial charge in [0.25, 0.3) is 0 Å². The van der Waals surface area contributed by atoms with Gasteiger partial charge in [-0.2, -0.15) is 0 Å². The molecule has 0 N–H and O–H groups in total. The number of rotatable bonds is 4. The van der Waals surface area contributed by atoms with Gasteiger partial charge >= 0.3 is 5.97 Å². The van der Waals surface area contributed by atoms with Crippen molar-refractivity contribution in [1.82, 2.24) is 4.90 Å². The van der Waals surface area contributed by atoms with Gasteiger partial charge < -0.3 is 14.4 Å². The zero-order chi connectivity index (χ0) is 14.8. The summed E-state index contributed by atoms with van der Waals surface area (Å²) in [5.74, 6) is 0.688. The molecular formula is C17H24ClNO3. The van der Waals surface area contributed by atoms with Gasteiger partial charge in [0.1, 0.15) is 11.9 Å². The molecule has 1 aromatic carbocycles. The molecular weight excluding hydrogens is 302 g/mol. The molecule has 0 saturated carbocycles. The van der Waals surface area contributed by atoms with E-state index in [9.17, 15) is 4.79 Å². The third-order valence-electron chi connectivity index (χ3n) is 4.86. The molecule has 0 amide bonds. The molecule has 0 aliphatic carbocycles. The zero-order valence-electron chi connectivity index (χ0n) is 13.2. The Morgan fingerprint density at radius 2 is 1.77 bits per heavy atom. The van der Waals surface area contributed by atoms with Gasteiger partial charge in [-0.05, 0) is 50.4 Å². The number of carbonyl (C=O) groups excluding carboxylic acids is 1. The van der Waals surface area contributed by atoms with E-state index in [1.165, 1.54) is 12.8 Å². The van der Waals surface area contributed by atoms with Crippen molar-refractivity contribution < 1.29 is 14.3 Å². The highest BCUT2D eigenvalue weighted by molar-refractivity contribution is 5.85. The molecule has 0 spiro atoms. The molecule has 0 aromatic heterocycles. The fourth-order valence-electron chi connectivity index (χ4n) is 3.60. The lowest BCUT2D eigenvalue weighted by Crippen LogP contribution is -2.43. The van der Waals surface area contributed by atoms with Crippen LogP contribution in [0.5, 0.6) is 5.75 Å². The maximum absolute atomic E-state index is 12.1. The third kappa shape index (κ3) is 3.73. The number of hydrogen-bond acceptors (Lipinski definition) is 4. The Labute approximate surface area is 138 Å². The van der Waals surface area contributed by atoms with Crippen LogP contribution in [0.1, 0.15) is 31.2 Å². The average molecular weight is 326 g/mol. The predicted molar refractivity (Wildman–Crippen MR) is 87.6 cm³/mol. The van der Waals surface area contributed by atoms with Crippen LogP contribution in [0.15, 0.2) is 24.3 Å². The smallest absolute Gasteiger partial charge is 0.310 e. The highest BCUT2D eigenvalue weighted by Gasteiger charge is 2.39. The van der Waals surface area contributed by atoms with Gasteiger partial charge in [-0.25, -0.2) is 0 Å². The van der Waals surface area contributed by atoms with Crippen LogP contribution in [0, 0.1) is 0 Å². The van der Waals surface area contributed by atoms with Crippen LogP contribution in [0.25, 0.3) is 0 Å². The summed E-state index contributed by atoms with van der Waals surface area (Å²) >= 11 is 0. The Morgan fingerprint density at radius 1 is 1.18 bits per heavy atom. The van der Waals surface area contributed by atoms with Gasteiger partial charge in [-0.1, -0.05) is 12.1 Å². The number of benzene rings is 1. The first-order valence-electron chi connectivity index (χ1n) is 7.70. The number of ether oxygens (including phenoxy) is 2. The van der Waals surface area contributed by atoms with E-state index in [-0.39, 0.29) is 24.5 Å². The van der Waals surface area contributed by atoms with Crippen molar-refractivity contribution in [1.29, 1.82) is 0 Å². The Morgan fingerprint density at radius 3 is 2.32 bits per heavy atom. The second-order valence-electron chi connectivity index (χ2n) is 6.16. The lowest BCUT2D eigenvalue weighted by atomic mass is 10.0. The van der Waals surface area contributed by atoms with Crippen molar-refractivity contribution >= 4 is 18.4 Å². The summed E-state index contributed by atoms with van der Waals surface area (Å²) in [6, 6.07) is 8.78. The number of carbonyl (C=O) groups is 1. The number of nitrogens with zero attached hydrogens (tertiary/aromatic N) is 1. The quantitative estimate of drug-likeness (QED) is 0.798. The van der Waals surface area contributed by atoms with E-state index in [0.717, 1.165) is 24.2 Å². The van der Waals surface area contributed by atoms with Gasteiger partial charge in [0, 0.05) is 12.1 Å². The molecule has 2 bridgehead atoms. The van der Waals surface area contributed by atoms with Crippen LogP contribution in [-0.4, -0.2) is 43.2 Å². The summed E-state index contributed by atoms with van der Waals surface area (Å²) in [5.41, 5.74) is 0.969. The number of esters is 1. The largest absolute Gasteiger partial charge is 0.497 e. The number of hydrogen-bond donors (Lipinski definition) is 0. The second-order valence-corrected chi connectivity index (χ2v) is 6.16. The van der Waals surface area contributed by atoms with Gasteiger partial charge in [0.2, 0.25) is 0 Å². The van der Waals surface area contributed by atoms with Crippen molar-refractivity contribution in [3.8, 4) is 5.75 Å². The Kier molecular flexibility index (Phi) is 5.70. The van der Waals surface area contributed by atoms with Crippen LogP contribution in [0.2, 0.25) is 0 Å². The number of halogens is 1. The predicted octanol–water partition coefficient (Wildman–Crippen LogP) is 2.83. The minimum atomic E-state index is -0.117. The van der Waals surface area contributed by atoms with Crippen molar-refractivity contribution in [2.45, 2.75) is 50.3 Å². The molecule has 3 rings (SSSR count). The molecule has 2 aliphatic heterocycles. The standard InChI is InChI=1S/C17H23NO3.ClH/c1-18-13-5-6-14(18)11-16(10-13)21-17(19)9-12-3-7-15(20-2)8-4-12;/h3-4,7-8,13-14,16H,5-6,9-11H2,1-2H3;1H/t13-,14+,16?;. The van der Waals surface area contributed by atoms with Gasteiger partial charge in [-0.15, -0.1) is 12.4 Å². The van der Waals surface area contributed by atoms with Gasteiger partial charge in [0.15, 0.2) is 0 Å². The monoisotopic (exact) mass is 325 g/mol. The van der Waals surface area contributed by atoms with Crippen LogP contribution in [0.3, 0.4) is 0 Å². The first-order chi connectivity index (χ1) is 10.2. The summed E-state index contributed by atoms with van der Waals surface area (Å²) < 4.78 is 10.8. The molecule has 2 fully saturated rings. The fourth-order valence-corrected chi connectivity index (χ4v) is 3.60. The number of fused-ring (bicyclic) bond motifs is 2. The first-order valence-corrected chi connectivity index (χ1v) is 7.70. The van der Waals surface area contributed by atoms with Gasteiger partial charge in [0.05, 0.1) is 13.5 Å². The minimum absolute atomic E-state index is 0. The van der Waals surface area contributed by atoms with Gasteiger partial charge in [-0.3, -0.25) is 4.79 Å². The maximum Gasteiger partial charge on any atom is 0.310 e. The summed E-state index contributed by atoms with van der Waals surface area (Å²) in [5, 5.41) is 0. The molecule has 1 unspecified atom stereocenters. The second kappa shape index (κ2) is 7.34. The molecule has 3 atom stereocenters. The number of methoxy groups -OCH3 is 1. The van der Waals surface area contributed by atoms with Crippen molar-refractivity contribution in [3.05, 3.63) is 29.8 Å². The average Bonchev–Trinajstić information content (AvgIpc) is 2.70. The Balaban J connectivity index is 0.00000176. The van der Waals surface area contributed by atoms with Crippen molar-refractivity contribution in [2.24, 2.45) is 0 Å². The number of piperidine rings is 1. The summed E-state index contributed by atoms with van der Waals surface area (Å²) in [6.07, 6.45) is 4.90. The molecule has 22 heavy (non-hydrogen) atoms. The minimum Gasteiger partial charge on any atom is -0.497 e. The fraction of sp³-hybridized carbons (Fsp3) is 0.588. The van der Waals surface area contributed by atoms with Crippen LogP contribution >= 0.6 is 12.4 Å². The highest BCUT2D eigenvalue weighted by atomic mass is 35.5. The third-order valence-corrected chi connectivity index (χ3v) is 4.86.